The molecule has 0 spiro atoms. The van der Waals surface area contributed by atoms with Crippen molar-refractivity contribution < 1.29 is 9.26 Å². The first-order valence-electron chi connectivity index (χ1n) is 7.43. The molecule has 0 radical (unpaired) electrons. The molecule has 0 aliphatic carbocycles. The van der Waals surface area contributed by atoms with E-state index in [4.69, 9.17) is 20.9 Å². The Morgan fingerprint density at radius 1 is 1.09 bits per heavy atom. The molecule has 4 nitrogen and oxygen atoms in total. The Labute approximate surface area is 140 Å². The summed E-state index contributed by atoms with van der Waals surface area (Å²) in [6, 6.07) is 15.8. The third-order valence-corrected chi connectivity index (χ3v) is 3.67. The zero-order chi connectivity index (χ0) is 16.2. The first-order chi connectivity index (χ1) is 11.1. The van der Waals surface area contributed by atoms with E-state index in [1.54, 1.807) is 0 Å². The van der Waals surface area contributed by atoms with Gasteiger partial charge in [0.05, 0.1) is 5.02 Å². The van der Waals surface area contributed by atoms with Gasteiger partial charge in [0.25, 0.3) is 0 Å². The van der Waals surface area contributed by atoms with Crippen molar-refractivity contribution in [2.75, 3.05) is 0 Å². The molecule has 0 saturated carbocycles. The Morgan fingerprint density at radius 2 is 1.87 bits per heavy atom. The molecule has 0 bridgehead atoms. The van der Waals surface area contributed by atoms with E-state index < -0.39 is 0 Å². The van der Waals surface area contributed by atoms with Crippen LogP contribution in [-0.4, -0.2) is 10.1 Å². The number of nitrogens with zero attached hydrogens (tertiary/aromatic N) is 2. The van der Waals surface area contributed by atoms with Crippen LogP contribution in [0.4, 0.5) is 0 Å². The summed E-state index contributed by atoms with van der Waals surface area (Å²) in [6.07, 6.45) is 0. The Balaban J connectivity index is 1.71. The van der Waals surface area contributed by atoms with Gasteiger partial charge in [-0.1, -0.05) is 67.0 Å². The topological polar surface area (TPSA) is 48.2 Å². The molecule has 0 aliphatic heterocycles. The first-order valence-corrected chi connectivity index (χ1v) is 7.81. The highest BCUT2D eigenvalue weighted by Gasteiger charge is 2.11. The number of benzene rings is 2. The minimum atomic E-state index is 0.199. The summed E-state index contributed by atoms with van der Waals surface area (Å²) in [5.41, 5.74) is 2.16. The van der Waals surface area contributed by atoms with Crippen LogP contribution in [0.15, 0.2) is 53.1 Å². The van der Waals surface area contributed by atoms with E-state index in [-0.39, 0.29) is 12.5 Å². The molecule has 0 fully saturated rings. The van der Waals surface area contributed by atoms with Crippen molar-refractivity contribution in [3.05, 3.63) is 65.3 Å². The fourth-order valence-electron chi connectivity index (χ4n) is 2.13. The van der Waals surface area contributed by atoms with Gasteiger partial charge in [0.15, 0.2) is 6.61 Å². The largest absolute Gasteiger partial charge is 0.484 e. The minimum Gasteiger partial charge on any atom is -0.484 e. The quantitative estimate of drug-likeness (QED) is 0.654. The molecule has 3 rings (SSSR count). The van der Waals surface area contributed by atoms with Gasteiger partial charge >= 0.3 is 0 Å². The van der Waals surface area contributed by atoms with Gasteiger partial charge in [-0.3, -0.25) is 0 Å². The zero-order valence-electron chi connectivity index (χ0n) is 13.0. The van der Waals surface area contributed by atoms with Gasteiger partial charge in [0, 0.05) is 5.92 Å². The van der Waals surface area contributed by atoms with Crippen molar-refractivity contribution in [1.29, 1.82) is 0 Å². The van der Waals surface area contributed by atoms with Crippen LogP contribution in [0.2, 0.25) is 5.02 Å². The summed E-state index contributed by atoms with van der Waals surface area (Å²) in [5.74, 6) is 1.92. The average Bonchev–Trinajstić information content (AvgIpc) is 3.04. The van der Waals surface area contributed by atoms with Gasteiger partial charge in [0.2, 0.25) is 11.7 Å². The van der Waals surface area contributed by atoms with Crippen LogP contribution < -0.4 is 4.74 Å². The van der Waals surface area contributed by atoms with Gasteiger partial charge in [-0.15, -0.1) is 0 Å². The molecule has 5 heteroatoms. The van der Waals surface area contributed by atoms with Gasteiger partial charge in [-0.25, -0.2) is 0 Å². The van der Waals surface area contributed by atoms with Crippen LogP contribution in [0, 0.1) is 0 Å². The van der Waals surface area contributed by atoms with E-state index in [9.17, 15) is 0 Å². The summed E-state index contributed by atoms with van der Waals surface area (Å²) in [6.45, 7) is 4.22. The van der Waals surface area contributed by atoms with Crippen molar-refractivity contribution in [3.63, 3.8) is 0 Å². The van der Waals surface area contributed by atoms with E-state index in [1.165, 1.54) is 0 Å². The molecule has 2 aromatic carbocycles. The van der Waals surface area contributed by atoms with E-state index >= 15 is 0 Å². The molecular weight excluding hydrogens is 312 g/mol. The van der Waals surface area contributed by atoms with Crippen molar-refractivity contribution >= 4 is 11.6 Å². The molecular formula is C18H17ClN2O2. The lowest BCUT2D eigenvalue weighted by Crippen LogP contribution is -1.98. The molecule has 1 aromatic heterocycles. The summed E-state index contributed by atoms with van der Waals surface area (Å²) >= 11 is 6.31. The molecule has 23 heavy (non-hydrogen) atoms. The number of rotatable bonds is 5. The molecule has 3 aromatic rings. The molecule has 1 heterocycles. The van der Waals surface area contributed by atoms with Crippen LogP contribution in [0.3, 0.4) is 0 Å². The molecule has 0 N–H and O–H groups in total. The lowest BCUT2D eigenvalue weighted by Gasteiger charge is -2.08. The molecule has 0 unspecified atom stereocenters. The second kappa shape index (κ2) is 6.84. The van der Waals surface area contributed by atoms with E-state index in [0.717, 1.165) is 11.1 Å². The van der Waals surface area contributed by atoms with Crippen molar-refractivity contribution in [2.45, 2.75) is 26.4 Å². The Morgan fingerprint density at radius 3 is 2.52 bits per heavy atom. The Bertz CT molecular complexity index is 785. The first kappa shape index (κ1) is 15.6. The van der Waals surface area contributed by atoms with Crippen LogP contribution in [0.5, 0.6) is 5.75 Å². The number of aromatic nitrogens is 2. The Kier molecular flexibility index (Phi) is 4.63. The predicted octanol–water partition coefficient (Wildman–Crippen LogP) is 5.09. The number of hydrogen-bond donors (Lipinski definition) is 0. The van der Waals surface area contributed by atoms with E-state index in [2.05, 4.69) is 10.1 Å². The highest BCUT2D eigenvalue weighted by molar-refractivity contribution is 6.32. The molecule has 0 aliphatic rings. The highest BCUT2D eigenvalue weighted by atomic mass is 35.5. The van der Waals surface area contributed by atoms with Gasteiger partial charge < -0.3 is 9.26 Å². The maximum atomic E-state index is 6.31. The van der Waals surface area contributed by atoms with Gasteiger partial charge in [-0.2, -0.15) is 4.98 Å². The van der Waals surface area contributed by atoms with Crippen LogP contribution >= 0.6 is 11.6 Å². The second-order valence-corrected chi connectivity index (χ2v) is 5.91. The standard InChI is InChI=1S/C18H17ClN2O2/c1-12(2)18-20-17(21-23-18)11-22-16-9-8-14(10-15(16)19)13-6-4-3-5-7-13/h3-10,12H,11H2,1-2H3. The number of halogens is 1. The molecule has 0 atom stereocenters. The fraction of sp³-hybridized carbons (Fsp3) is 0.222. The second-order valence-electron chi connectivity index (χ2n) is 5.50. The molecule has 0 amide bonds. The van der Waals surface area contributed by atoms with Crippen LogP contribution in [-0.2, 0) is 6.61 Å². The van der Waals surface area contributed by atoms with Crippen molar-refractivity contribution in [2.24, 2.45) is 0 Å². The maximum absolute atomic E-state index is 6.31. The van der Waals surface area contributed by atoms with Crippen LogP contribution in [0.25, 0.3) is 11.1 Å². The molecule has 118 valence electrons. The lowest BCUT2D eigenvalue weighted by atomic mass is 10.1. The summed E-state index contributed by atoms with van der Waals surface area (Å²) in [5, 5.41) is 4.45. The van der Waals surface area contributed by atoms with Gasteiger partial charge in [0.1, 0.15) is 5.75 Å². The fourth-order valence-corrected chi connectivity index (χ4v) is 2.37. The van der Waals surface area contributed by atoms with E-state index in [1.807, 2.05) is 62.4 Å². The predicted molar refractivity (Wildman–Crippen MR) is 89.6 cm³/mol. The lowest BCUT2D eigenvalue weighted by molar-refractivity contribution is 0.284. The third kappa shape index (κ3) is 3.71. The minimum absolute atomic E-state index is 0.199. The average molecular weight is 329 g/mol. The number of hydrogen-bond acceptors (Lipinski definition) is 4. The normalized spacial score (nSPS) is 11.0. The number of ether oxygens (including phenoxy) is 1. The summed E-state index contributed by atoms with van der Waals surface area (Å²) in [4.78, 5) is 4.27. The SMILES string of the molecule is CC(C)c1nc(COc2ccc(-c3ccccc3)cc2Cl)no1. The summed E-state index contributed by atoms with van der Waals surface area (Å²) < 4.78 is 10.8. The summed E-state index contributed by atoms with van der Waals surface area (Å²) in [7, 11) is 0. The van der Waals surface area contributed by atoms with Crippen molar-refractivity contribution in [3.8, 4) is 16.9 Å². The third-order valence-electron chi connectivity index (χ3n) is 3.37. The highest BCUT2D eigenvalue weighted by Crippen LogP contribution is 2.30. The monoisotopic (exact) mass is 328 g/mol. The van der Waals surface area contributed by atoms with Crippen LogP contribution in [0.1, 0.15) is 31.5 Å². The van der Waals surface area contributed by atoms with Gasteiger partial charge in [-0.05, 0) is 23.3 Å². The Hall–Kier alpha value is -2.33. The molecule has 0 saturated heterocycles. The van der Waals surface area contributed by atoms with E-state index in [0.29, 0.717) is 22.5 Å². The zero-order valence-corrected chi connectivity index (χ0v) is 13.7. The smallest absolute Gasteiger partial charge is 0.229 e. The van der Waals surface area contributed by atoms with Crippen molar-refractivity contribution in [1.82, 2.24) is 10.1 Å². The maximum Gasteiger partial charge on any atom is 0.229 e.